The number of methoxy groups -OCH3 is 1. The molecule has 3 aromatic rings. The van der Waals surface area contributed by atoms with Crippen molar-refractivity contribution in [2.24, 2.45) is 5.73 Å². The first-order chi connectivity index (χ1) is 13.2. The van der Waals surface area contributed by atoms with Crippen molar-refractivity contribution in [3.63, 3.8) is 0 Å². The highest BCUT2D eigenvalue weighted by Crippen LogP contribution is 2.51. The van der Waals surface area contributed by atoms with Crippen LogP contribution in [0.4, 0.5) is 0 Å². The summed E-state index contributed by atoms with van der Waals surface area (Å²) in [4.78, 5) is 3.78. The summed E-state index contributed by atoms with van der Waals surface area (Å²) in [5, 5.41) is 1.31. The maximum absolute atomic E-state index is 5.87. The van der Waals surface area contributed by atoms with Crippen LogP contribution in [0.15, 0.2) is 34.8 Å². The van der Waals surface area contributed by atoms with Crippen molar-refractivity contribution in [3.05, 3.63) is 62.8 Å². The second-order valence-corrected chi connectivity index (χ2v) is 8.43. The van der Waals surface area contributed by atoms with Crippen LogP contribution in [0.5, 0.6) is 5.75 Å². The lowest BCUT2D eigenvalue weighted by Gasteiger charge is -2.42. The Balaban J connectivity index is 1.79. The molecule has 1 fully saturated rings. The molecule has 1 aliphatic heterocycles. The van der Waals surface area contributed by atoms with Crippen LogP contribution in [0, 0.1) is 0 Å². The van der Waals surface area contributed by atoms with Gasteiger partial charge in [-0.1, -0.05) is 12.1 Å². The van der Waals surface area contributed by atoms with Gasteiger partial charge in [-0.2, -0.15) is 0 Å². The van der Waals surface area contributed by atoms with Crippen LogP contribution in [0.1, 0.15) is 40.8 Å². The smallest absolute Gasteiger partial charge is 0.133 e. The number of ether oxygens (including phenoxy) is 2. The van der Waals surface area contributed by atoms with Crippen LogP contribution in [-0.4, -0.2) is 25.3 Å². The fraction of sp³-hybridized carbons (Fsp3) is 0.364. The number of hydrogen-bond acceptors (Lipinski definition) is 3. The molecule has 2 heterocycles. The Labute approximate surface area is 167 Å². The summed E-state index contributed by atoms with van der Waals surface area (Å²) in [7, 11) is 1.73. The molecule has 1 saturated heterocycles. The predicted molar refractivity (Wildman–Crippen MR) is 111 cm³/mol. The van der Waals surface area contributed by atoms with Gasteiger partial charge in [0.15, 0.2) is 0 Å². The van der Waals surface area contributed by atoms with Crippen LogP contribution < -0.4 is 10.5 Å². The molecule has 0 unspecified atom stereocenters. The number of aromatic amines is 1. The van der Waals surface area contributed by atoms with Crippen LogP contribution >= 0.6 is 15.9 Å². The maximum Gasteiger partial charge on any atom is 0.133 e. The molecule has 4 nitrogen and oxygen atoms in total. The maximum atomic E-state index is 5.87. The molecular weight excluding hydrogens is 404 g/mol. The molecule has 2 aromatic carbocycles. The molecule has 5 heteroatoms. The largest absolute Gasteiger partial charge is 0.496 e. The van der Waals surface area contributed by atoms with Crippen LogP contribution in [0.25, 0.3) is 10.9 Å². The number of fused-ring (bicyclic) bond motifs is 6. The molecule has 0 bridgehead atoms. The number of halogens is 1. The minimum Gasteiger partial charge on any atom is -0.496 e. The zero-order chi connectivity index (χ0) is 18.6. The van der Waals surface area contributed by atoms with Crippen molar-refractivity contribution < 1.29 is 9.47 Å². The van der Waals surface area contributed by atoms with Crippen molar-refractivity contribution in [2.75, 3.05) is 20.3 Å². The first kappa shape index (κ1) is 17.3. The van der Waals surface area contributed by atoms with Crippen molar-refractivity contribution >= 4 is 26.8 Å². The van der Waals surface area contributed by atoms with Gasteiger partial charge in [0.25, 0.3) is 0 Å². The zero-order valence-corrected chi connectivity index (χ0v) is 17.0. The molecule has 1 spiro atoms. The number of aromatic nitrogens is 1. The quantitative estimate of drug-likeness (QED) is 0.638. The van der Waals surface area contributed by atoms with Gasteiger partial charge in [-0.25, -0.2) is 0 Å². The van der Waals surface area contributed by atoms with E-state index >= 15 is 0 Å². The summed E-state index contributed by atoms with van der Waals surface area (Å²) in [6.07, 6.45) is 2.89. The van der Waals surface area contributed by atoms with Gasteiger partial charge in [0.05, 0.1) is 11.6 Å². The van der Waals surface area contributed by atoms with Crippen molar-refractivity contribution in [2.45, 2.75) is 31.2 Å². The monoisotopic (exact) mass is 426 g/mol. The third-order valence-electron chi connectivity index (χ3n) is 6.29. The Hall–Kier alpha value is -1.82. The van der Waals surface area contributed by atoms with Crippen molar-refractivity contribution in [3.8, 4) is 5.75 Å². The second kappa shape index (κ2) is 6.36. The van der Waals surface area contributed by atoms with E-state index in [1.54, 1.807) is 7.11 Å². The van der Waals surface area contributed by atoms with E-state index in [1.165, 1.54) is 33.3 Å². The molecule has 0 amide bonds. The summed E-state index contributed by atoms with van der Waals surface area (Å²) < 4.78 is 12.4. The predicted octanol–water partition coefficient (Wildman–Crippen LogP) is 4.40. The summed E-state index contributed by atoms with van der Waals surface area (Å²) >= 11 is 3.68. The third kappa shape index (κ3) is 2.49. The van der Waals surface area contributed by atoms with Gasteiger partial charge >= 0.3 is 0 Å². The summed E-state index contributed by atoms with van der Waals surface area (Å²) in [6, 6.07) is 11.0. The Morgan fingerprint density at radius 1 is 1.22 bits per heavy atom. The number of nitrogens with two attached hydrogens (primary N) is 1. The molecule has 1 aromatic heterocycles. The molecule has 1 aliphatic carbocycles. The van der Waals surface area contributed by atoms with Crippen LogP contribution in [-0.2, 0) is 23.1 Å². The highest BCUT2D eigenvalue weighted by atomic mass is 79.9. The van der Waals surface area contributed by atoms with Crippen LogP contribution in [0.2, 0.25) is 0 Å². The lowest BCUT2D eigenvalue weighted by atomic mass is 9.65. The SMILES string of the molecule is COc1cc2c(cc1Br)Cc1c([nH]c3cc(CN)ccc13)C21CCOCC1. The number of rotatable bonds is 2. The number of benzene rings is 2. The van der Waals surface area contributed by atoms with Gasteiger partial charge in [-0.15, -0.1) is 0 Å². The van der Waals surface area contributed by atoms with Crippen molar-refractivity contribution in [1.29, 1.82) is 0 Å². The Kier molecular flexibility index (Phi) is 4.08. The molecule has 5 rings (SSSR count). The number of H-pyrrole nitrogens is 1. The fourth-order valence-electron chi connectivity index (χ4n) is 4.93. The van der Waals surface area contributed by atoms with E-state index in [9.17, 15) is 0 Å². The average molecular weight is 427 g/mol. The standard InChI is InChI=1S/C22H23BrN2O2/c1-26-20-11-17-14(10-18(20)23)9-16-15-3-2-13(12-24)8-19(15)25-21(16)22(17)4-6-27-7-5-22/h2-3,8,10-11,25H,4-7,9,12,24H2,1H3. The first-order valence-electron chi connectivity index (χ1n) is 9.45. The molecule has 140 valence electrons. The van der Waals surface area contributed by atoms with Crippen LogP contribution in [0.3, 0.4) is 0 Å². The van der Waals surface area contributed by atoms with E-state index in [1.807, 2.05) is 0 Å². The highest BCUT2D eigenvalue weighted by Gasteiger charge is 2.44. The van der Waals surface area contributed by atoms with E-state index in [2.05, 4.69) is 51.2 Å². The van der Waals surface area contributed by atoms with Gasteiger partial charge in [0, 0.05) is 48.2 Å². The molecule has 2 aliphatic rings. The van der Waals surface area contributed by atoms with E-state index < -0.39 is 0 Å². The lowest BCUT2D eigenvalue weighted by Crippen LogP contribution is -2.39. The van der Waals surface area contributed by atoms with Gasteiger partial charge in [-0.05, 0) is 69.2 Å². The number of hydrogen-bond donors (Lipinski definition) is 2. The summed E-state index contributed by atoms with van der Waals surface area (Å²) in [6.45, 7) is 2.12. The normalized spacial score (nSPS) is 17.7. The minimum absolute atomic E-state index is 0.0446. The van der Waals surface area contributed by atoms with E-state index in [4.69, 9.17) is 15.2 Å². The minimum atomic E-state index is -0.0446. The van der Waals surface area contributed by atoms with Crippen molar-refractivity contribution in [1.82, 2.24) is 4.98 Å². The molecule has 0 radical (unpaired) electrons. The highest BCUT2D eigenvalue weighted by molar-refractivity contribution is 9.10. The Bertz CT molecular complexity index is 1030. The first-order valence-corrected chi connectivity index (χ1v) is 10.2. The average Bonchev–Trinajstić information content (AvgIpc) is 3.07. The van der Waals surface area contributed by atoms with E-state index in [0.717, 1.165) is 48.3 Å². The molecule has 0 atom stereocenters. The van der Waals surface area contributed by atoms with Gasteiger partial charge in [-0.3, -0.25) is 0 Å². The number of nitrogens with one attached hydrogen (secondary N) is 1. The topological polar surface area (TPSA) is 60.3 Å². The lowest BCUT2D eigenvalue weighted by molar-refractivity contribution is 0.0608. The molecular formula is C22H23BrN2O2. The molecule has 27 heavy (non-hydrogen) atoms. The second-order valence-electron chi connectivity index (χ2n) is 7.58. The molecule has 3 N–H and O–H groups in total. The summed E-state index contributed by atoms with van der Waals surface area (Å²) in [5.74, 6) is 0.893. The van der Waals surface area contributed by atoms with Gasteiger partial charge < -0.3 is 20.2 Å². The van der Waals surface area contributed by atoms with Gasteiger partial charge in [0.1, 0.15) is 5.75 Å². The fourth-order valence-corrected chi connectivity index (χ4v) is 5.48. The zero-order valence-electron chi connectivity index (χ0n) is 15.4. The van der Waals surface area contributed by atoms with E-state index in [-0.39, 0.29) is 5.41 Å². The molecule has 0 saturated carbocycles. The third-order valence-corrected chi connectivity index (χ3v) is 6.91. The van der Waals surface area contributed by atoms with Gasteiger partial charge in [0.2, 0.25) is 0 Å². The Morgan fingerprint density at radius 3 is 2.78 bits per heavy atom. The Morgan fingerprint density at radius 2 is 2.04 bits per heavy atom. The van der Waals surface area contributed by atoms with E-state index in [0.29, 0.717) is 6.54 Å². The summed E-state index contributed by atoms with van der Waals surface area (Å²) in [5.41, 5.74) is 13.7.